The third-order valence-corrected chi connectivity index (χ3v) is 4.05. The van der Waals surface area contributed by atoms with Crippen LogP contribution in [0.15, 0.2) is 18.2 Å². The van der Waals surface area contributed by atoms with Crippen LogP contribution in [0.4, 0.5) is 0 Å². The van der Waals surface area contributed by atoms with Gasteiger partial charge in [0.15, 0.2) is 0 Å². The summed E-state index contributed by atoms with van der Waals surface area (Å²) in [7, 11) is 2.14. The molecular formula is C14H17ClN2. The summed E-state index contributed by atoms with van der Waals surface area (Å²) >= 11 is 6.14. The Balaban J connectivity index is 2.44. The molecule has 0 amide bonds. The fourth-order valence-electron chi connectivity index (χ4n) is 3.01. The number of benzene rings is 1. The largest absolute Gasteiger partial charge is 0.346 e. The molecular weight excluding hydrogens is 232 g/mol. The maximum absolute atomic E-state index is 6.14. The zero-order valence-electron chi connectivity index (χ0n) is 10.5. The van der Waals surface area contributed by atoms with Crippen molar-refractivity contribution in [3.63, 3.8) is 0 Å². The lowest BCUT2D eigenvalue weighted by Crippen LogP contribution is -2.38. The van der Waals surface area contributed by atoms with E-state index in [9.17, 15) is 0 Å². The topological polar surface area (TPSA) is 17.0 Å². The zero-order chi connectivity index (χ0) is 12.2. The van der Waals surface area contributed by atoms with Crippen LogP contribution in [0.2, 0.25) is 5.02 Å². The van der Waals surface area contributed by atoms with E-state index in [0.717, 1.165) is 18.1 Å². The van der Waals surface area contributed by atoms with E-state index >= 15 is 0 Å². The molecule has 0 saturated carbocycles. The molecule has 2 aromatic rings. The van der Waals surface area contributed by atoms with Crippen molar-refractivity contribution in [2.24, 2.45) is 7.05 Å². The second kappa shape index (κ2) is 3.50. The average Bonchev–Trinajstić information content (AvgIpc) is 2.53. The summed E-state index contributed by atoms with van der Waals surface area (Å²) < 4.78 is 2.29. The van der Waals surface area contributed by atoms with Crippen molar-refractivity contribution in [3.05, 3.63) is 34.5 Å². The normalized spacial score (nSPS) is 18.4. The number of rotatable bonds is 0. The third kappa shape index (κ3) is 1.51. The molecule has 0 atom stereocenters. The molecule has 3 rings (SSSR count). The molecule has 0 radical (unpaired) electrons. The number of aryl methyl sites for hydroxylation is 1. The quantitative estimate of drug-likeness (QED) is 0.758. The Morgan fingerprint density at radius 1 is 1.35 bits per heavy atom. The van der Waals surface area contributed by atoms with Crippen molar-refractivity contribution in [2.45, 2.75) is 25.8 Å². The van der Waals surface area contributed by atoms with Gasteiger partial charge in [0.05, 0.1) is 0 Å². The lowest BCUT2D eigenvalue weighted by atomic mass is 9.80. The lowest BCUT2D eigenvalue weighted by molar-refractivity contribution is 0.429. The van der Waals surface area contributed by atoms with Gasteiger partial charge in [0, 0.05) is 47.2 Å². The summed E-state index contributed by atoms with van der Waals surface area (Å²) in [4.78, 5) is 0. The Bertz CT molecular complexity index is 596. The molecule has 1 aliphatic heterocycles. The smallest absolute Gasteiger partial charge is 0.0484 e. The van der Waals surface area contributed by atoms with Crippen LogP contribution in [0.5, 0.6) is 0 Å². The van der Waals surface area contributed by atoms with Crippen molar-refractivity contribution < 1.29 is 0 Å². The fraction of sp³-hybridized carbons (Fsp3) is 0.429. The first-order valence-corrected chi connectivity index (χ1v) is 6.36. The summed E-state index contributed by atoms with van der Waals surface area (Å²) in [6.45, 7) is 6.55. The number of fused-ring (bicyclic) bond motifs is 3. The van der Waals surface area contributed by atoms with Gasteiger partial charge in [-0.3, -0.25) is 0 Å². The van der Waals surface area contributed by atoms with Crippen LogP contribution in [-0.4, -0.2) is 11.1 Å². The maximum atomic E-state index is 6.14. The van der Waals surface area contributed by atoms with E-state index in [-0.39, 0.29) is 5.41 Å². The van der Waals surface area contributed by atoms with Crippen LogP contribution in [0.3, 0.4) is 0 Å². The Kier molecular flexibility index (Phi) is 2.29. The molecule has 0 spiro atoms. The molecule has 1 N–H and O–H groups in total. The van der Waals surface area contributed by atoms with Gasteiger partial charge in [-0.15, -0.1) is 0 Å². The zero-order valence-corrected chi connectivity index (χ0v) is 11.2. The monoisotopic (exact) mass is 248 g/mol. The van der Waals surface area contributed by atoms with Gasteiger partial charge in [-0.2, -0.15) is 0 Å². The molecule has 1 aromatic carbocycles. The Hall–Kier alpha value is -0.990. The van der Waals surface area contributed by atoms with Crippen LogP contribution in [0.1, 0.15) is 25.1 Å². The van der Waals surface area contributed by atoms with Crippen molar-refractivity contribution in [3.8, 4) is 0 Å². The highest BCUT2D eigenvalue weighted by atomic mass is 35.5. The molecule has 1 aromatic heterocycles. The molecule has 3 heteroatoms. The predicted octanol–water partition coefficient (Wildman–Crippen LogP) is 3.21. The molecule has 0 fully saturated rings. The summed E-state index contributed by atoms with van der Waals surface area (Å²) in [6, 6.07) is 6.19. The minimum Gasteiger partial charge on any atom is -0.346 e. The molecule has 0 aliphatic carbocycles. The van der Waals surface area contributed by atoms with Crippen molar-refractivity contribution in [2.75, 3.05) is 6.54 Å². The highest BCUT2D eigenvalue weighted by Gasteiger charge is 2.32. The molecule has 1 aliphatic rings. The van der Waals surface area contributed by atoms with Gasteiger partial charge in [-0.05, 0) is 23.8 Å². The van der Waals surface area contributed by atoms with Crippen LogP contribution < -0.4 is 5.32 Å². The van der Waals surface area contributed by atoms with Crippen LogP contribution in [0.25, 0.3) is 10.9 Å². The van der Waals surface area contributed by atoms with E-state index in [0.29, 0.717) is 0 Å². The third-order valence-electron chi connectivity index (χ3n) is 3.82. The minimum absolute atomic E-state index is 0.164. The lowest BCUT2D eigenvalue weighted by Gasteiger charge is -2.31. The molecule has 90 valence electrons. The second-order valence-electron chi connectivity index (χ2n) is 5.53. The highest BCUT2D eigenvalue weighted by Crippen LogP contribution is 2.38. The van der Waals surface area contributed by atoms with Gasteiger partial charge in [0.1, 0.15) is 0 Å². The maximum Gasteiger partial charge on any atom is 0.0484 e. The second-order valence-corrected chi connectivity index (χ2v) is 5.97. The van der Waals surface area contributed by atoms with Gasteiger partial charge in [0.25, 0.3) is 0 Å². The summed E-state index contributed by atoms with van der Waals surface area (Å²) in [5, 5.41) is 5.62. The first kappa shape index (κ1) is 11.1. The molecule has 0 saturated heterocycles. The van der Waals surface area contributed by atoms with E-state index < -0.39 is 0 Å². The minimum atomic E-state index is 0.164. The van der Waals surface area contributed by atoms with Crippen molar-refractivity contribution in [1.82, 2.24) is 9.88 Å². The van der Waals surface area contributed by atoms with Gasteiger partial charge in [-0.1, -0.05) is 25.4 Å². The number of nitrogens with zero attached hydrogens (tertiary/aromatic N) is 1. The van der Waals surface area contributed by atoms with E-state index in [4.69, 9.17) is 11.6 Å². The Labute approximate surface area is 107 Å². The molecule has 2 nitrogen and oxygen atoms in total. The Morgan fingerprint density at radius 2 is 2.12 bits per heavy atom. The molecule has 2 heterocycles. The number of aromatic nitrogens is 1. The van der Waals surface area contributed by atoms with Crippen molar-refractivity contribution >= 4 is 22.5 Å². The number of hydrogen-bond donors (Lipinski definition) is 1. The van der Waals surface area contributed by atoms with Crippen LogP contribution >= 0.6 is 11.6 Å². The number of halogens is 1. The number of hydrogen-bond acceptors (Lipinski definition) is 1. The first-order chi connectivity index (χ1) is 8.00. The SMILES string of the molecule is Cn1c2c(c3cc(Cl)ccc31)C(C)(C)CNC2. The van der Waals surface area contributed by atoms with Crippen LogP contribution in [0, 0.1) is 0 Å². The van der Waals surface area contributed by atoms with Gasteiger partial charge < -0.3 is 9.88 Å². The van der Waals surface area contributed by atoms with Crippen LogP contribution in [-0.2, 0) is 19.0 Å². The van der Waals surface area contributed by atoms with Gasteiger partial charge in [0.2, 0.25) is 0 Å². The van der Waals surface area contributed by atoms with Gasteiger partial charge >= 0.3 is 0 Å². The Morgan fingerprint density at radius 3 is 2.88 bits per heavy atom. The fourth-order valence-corrected chi connectivity index (χ4v) is 3.19. The van der Waals surface area contributed by atoms with E-state index in [2.05, 4.69) is 42.9 Å². The summed E-state index contributed by atoms with van der Waals surface area (Å²) in [6.07, 6.45) is 0. The molecule has 17 heavy (non-hydrogen) atoms. The van der Waals surface area contributed by atoms with E-state index in [1.54, 1.807) is 0 Å². The van der Waals surface area contributed by atoms with Crippen molar-refractivity contribution in [1.29, 1.82) is 0 Å². The summed E-state index contributed by atoms with van der Waals surface area (Å²) in [5.74, 6) is 0. The van der Waals surface area contributed by atoms with E-state index in [1.165, 1.54) is 22.2 Å². The predicted molar refractivity (Wildman–Crippen MR) is 72.7 cm³/mol. The molecule has 0 bridgehead atoms. The first-order valence-electron chi connectivity index (χ1n) is 5.99. The standard InChI is InChI=1S/C14H17ClN2/c1-14(2)8-16-7-12-13(14)10-6-9(15)4-5-11(10)17(12)3/h4-6,16H,7-8H2,1-3H3. The summed E-state index contributed by atoms with van der Waals surface area (Å²) in [5.41, 5.74) is 4.28. The van der Waals surface area contributed by atoms with E-state index in [1.807, 2.05) is 6.07 Å². The number of nitrogens with one attached hydrogen (secondary N) is 1. The molecule has 0 unspecified atom stereocenters. The average molecular weight is 249 g/mol. The highest BCUT2D eigenvalue weighted by molar-refractivity contribution is 6.31. The van der Waals surface area contributed by atoms with Gasteiger partial charge in [-0.25, -0.2) is 0 Å².